The maximum Gasteiger partial charge on any atom is 0.224 e. The molecule has 0 spiro atoms. The maximum absolute atomic E-state index is 12.1. The Bertz CT molecular complexity index is 923. The van der Waals surface area contributed by atoms with E-state index in [1.165, 1.54) is 0 Å². The highest BCUT2D eigenvalue weighted by atomic mass is 16.5. The van der Waals surface area contributed by atoms with Crippen LogP contribution < -0.4 is 4.74 Å². The number of nitrogens with zero attached hydrogens (tertiary/aromatic N) is 4. The molecule has 162 valence electrons. The summed E-state index contributed by atoms with van der Waals surface area (Å²) in [5.74, 6) is 2.03. The fourth-order valence-electron chi connectivity index (χ4n) is 4.69. The molecule has 2 saturated heterocycles. The largest absolute Gasteiger partial charge is 0.496 e. The molecule has 7 nitrogen and oxygen atoms in total. The lowest BCUT2D eigenvalue weighted by Gasteiger charge is -2.35. The number of amides is 1. The predicted molar refractivity (Wildman–Crippen MR) is 116 cm³/mol. The zero-order valence-corrected chi connectivity index (χ0v) is 18.6. The summed E-state index contributed by atoms with van der Waals surface area (Å²) in [6.07, 6.45) is 5.43. The van der Waals surface area contributed by atoms with Crippen molar-refractivity contribution < 1.29 is 14.3 Å². The van der Waals surface area contributed by atoms with Crippen LogP contribution in [0.4, 0.5) is 0 Å². The van der Waals surface area contributed by atoms with Crippen molar-refractivity contribution >= 4 is 5.91 Å². The minimum atomic E-state index is -0.0244. The average molecular weight is 413 g/mol. The van der Waals surface area contributed by atoms with Crippen molar-refractivity contribution in [2.24, 2.45) is 0 Å². The molecule has 2 fully saturated rings. The Hall–Kier alpha value is -2.38. The number of rotatable bonds is 5. The smallest absolute Gasteiger partial charge is 0.224 e. The molecule has 0 radical (unpaired) electrons. The summed E-state index contributed by atoms with van der Waals surface area (Å²) < 4.78 is 13.8. The number of hydrogen-bond acceptors (Lipinski definition) is 5. The highest BCUT2D eigenvalue weighted by Crippen LogP contribution is 2.36. The molecule has 1 amide bonds. The van der Waals surface area contributed by atoms with E-state index < -0.39 is 0 Å². The lowest BCUT2D eigenvalue weighted by atomic mass is 10.0. The highest BCUT2D eigenvalue weighted by Gasteiger charge is 2.39. The van der Waals surface area contributed by atoms with Gasteiger partial charge < -0.3 is 18.9 Å². The molecule has 7 heteroatoms. The van der Waals surface area contributed by atoms with Gasteiger partial charge in [-0.25, -0.2) is 4.98 Å². The number of benzene rings is 1. The second kappa shape index (κ2) is 8.40. The minimum Gasteiger partial charge on any atom is -0.496 e. The van der Waals surface area contributed by atoms with Crippen LogP contribution >= 0.6 is 0 Å². The quantitative estimate of drug-likeness (QED) is 0.756. The van der Waals surface area contributed by atoms with E-state index in [2.05, 4.69) is 41.6 Å². The van der Waals surface area contributed by atoms with Gasteiger partial charge in [0.25, 0.3) is 0 Å². The van der Waals surface area contributed by atoms with Gasteiger partial charge in [-0.2, -0.15) is 0 Å². The molecule has 1 aromatic heterocycles. The van der Waals surface area contributed by atoms with Gasteiger partial charge in [0.1, 0.15) is 11.6 Å². The van der Waals surface area contributed by atoms with E-state index in [4.69, 9.17) is 14.5 Å². The molecule has 0 saturated carbocycles. The molecular weight excluding hydrogens is 380 g/mol. The Morgan fingerprint density at radius 2 is 2.03 bits per heavy atom. The van der Waals surface area contributed by atoms with Crippen LogP contribution in [-0.2, 0) is 9.53 Å². The molecule has 0 N–H and O–H groups in total. The minimum absolute atomic E-state index is 0.0244. The number of carbonyl (C=O) groups excluding carboxylic acids is 1. The monoisotopic (exact) mass is 412 g/mol. The fourth-order valence-corrected chi connectivity index (χ4v) is 4.69. The molecule has 4 rings (SSSR count). The van der Waals surface area contributed by atoms with E-state index in [1.54, 1.807) is 26.1 Å². The summed E-state index contributed by atoms with van der Waals surface area (Å²) in [6.45, 7) is 6.63. The zero-order valence-electron chi connectivity index (χ0n) is 18.6. The predicted octanol–water partition coefficient (Wildman–Crippen LogP) is 2.67. The van der Waals surface area contributed by atoms with Crippen molar-refractivity contribution in [2.45, 2.75) is 44.9 Å². The number of carbonyl (C=O) groups is 1. The van der Waals surface area contributed by atoms with Crippen molar-refractivity contribution in [3.63, 3.8) is 0 Å². The molecule has 2 aromatic rings. The Morgan fingerprint density at radius 3 is 2.77 bits per heavy atom. The van der Waals surface area contributed by atoms with Crippen LogP contribution in [0.1, 0.15) is 30.0 Å². The Morgan fingerprint density at radius 1 is 1.23 bits per heavy atom. The molecule has 0 bridgehead atoms. The van der Waals surface area contributed by atoms with Crippen molar-refractivity contribution in [2.75, 3.05) is 40.9 Å². The van der Waals surface area contributed by atoms with Gasteiger partial charge in [0, 0.05) is 57.2 Å². The molecule has 0 aliphatic carbocycles. The van der Waals surface area contributed by atoms with E-state index in [1.807, 2.05) is 6.20 Å². The summed E-state index contributed by atoms with van der Waals surface area (Å²) in [5, 5.41) is 0. The summed E-state index contributed by atoms with van der Waals surface area (Å²) in [4.78, 5) is 20.9. The van der Waals surface area contributed by atoms with Crippen LogP contribution in [0.2, 0.25) is 0 Å². The summed E-state index contributed by atoms with van der Waals surface area (Å²) in [7, 11) is 5.30. The van der Waals surface area contributed by atoms with Gasteiger partial charge in [0.05, 0.1) is 26.2 Å². The summed E-state index contributed by atoms with van der Waals surface area (Å²) >= 11 is 0. The number of ether oxygens (including phenoxy) is 2. The van der Waals surface area contributed by atoms with Gasteiger partial charge >= 0.3 is 0 Å². The first kappa shape index (κ1) is 20.9. The molecule has 1 aromatic carbocycles. The second-order valence-corrected chi connectivity index (χ2v) is 8.74. The molecule has 30 heavy (non-hydrogen) atoms. The standard InChI is InChI=1S/C23H32N4O3/c1-15-9-21(29-5)16(2)8-20(15)23-24-6-7-27(23)17-10-18-14-30-19(13-26(18)12-17)11-22(28)25(3)4/h6-9,17-19H,10-14H2,1-5H3/t17-,18+,19+/m1/s1. The molecular formula is C23H32N4O3. The molecule has 0 unspecified atom stereocenters. The molecule has 3 atom stereocenters. The maximum atomic E-state index is 12.1. The highest BCUT2D eigenvalue weighted by molar-refractivity contribution is 5.76. The van der Waals surface area contributed by atoms with Crippen molar-refractivity contribution in [1.29, 1.82) is 0 Å². The van der Waals surface area contributed by atoms with Gasteiger partial charge in [0.2, 0.25) is 5.91 Å². The van der Waals surface area contributed by atoms with Crippen LogP contribution in [0, 0.1) is 13.8 Å². The van der Waals surface area contributed by atoms with E-state index in [-0.39, 0.29) is 12.0 Å². The third-order valence-electron chi connectivity index (χ3n) is 6.41. The summed E-state index contributed by atoms with van der Waals surface area (Å²) in [6, 6.07) is 5.00. The second-order valence-electron chi connectivity index (χ2n) is 8.74. The topological polar surface area (TPSA) is 59.8 Å². The fraction of sp³-hybridized carbons (Fsp3) is 0.565. The lowest BCUT2D eigenvalue weighted by molar-refractivity contribution is -0.134. The van der Waals surface area contributed by atoms with E-state index in [0.717, 1.165) is 47.8 Å². The number of aromatic nitrogens is 2. The molecule has 2 aliphatic heterocycles. The van der Waals surface area contributed by atoms with Crippen LogP contribution in [0.15, 0.2) is 24.5 Å². The molecule has 2 aliphatic rings. The third kappa shape index (κ3) is 3.96. The zero-order chi connectivity index (χ0) is 21.4. The first-order valence-electron chi connectivity index (χ1n) is 10.6. The lowest BCUT2D eigenvalue weighted by Crippen LogP contribution is -2.47. The van der Waals surface area contributed by atoms with Gasteiger partial charge in [-0.1, -0.05) is 0 Å². The Kier molecular flexibility index (Phi) is 5.84. The third-order valence-corrected chi connectivity index (χ3v) is 6.41. The SMILES string of the molecule is COc1cc(C)c(-c2nccn2[C@@H]2C[C@H]3CO[C@@H](CC(=O)N(C)C)CN3C2)cc1C. The van der Waals surface area contributed by atoms with Gasteiger partial charge in [-0.05, 0) is 43.5 Å². The number of fused-ring (bicyclic) bond motifs is 1. The van der Waals surface area contributed by atoms with Crippen LogP contribution in [0.5, 0.6) is 5.75 Å². The van der Waals surface area contributed by atoms with E-state index >= 15 is 0 Å². The van der Waals surface area contributed by atoms with Gasteiger partial charge in [-0.3, -0.25) is 9.69 Å². The van der Waals surface area contributed by atoms with Crippen molar-refractivity contribution in [1.82, 2.24) is 19.4 Å². The van der Waals surface area contributed by atoms with E-state index in [9.17, 15) is 4.79 Å². The average Bonchev–Trinajstić information content (AvgIpc) is 3.35. The number of methoxy groups -OCH3 is 1. The van der Waals surface area contributed by atoms with Crippen LogP contribution in [0.3, 0.4) is 0 Å². The van der Waals surface area contributed by atoms with Crippen molar-refractivity contribution in [3.8, 4) is 17.1 Å². The number of aryl methyl sites for hydroxylation is 2. The first-order chi connectivity index (χ1) is 14.4. The van der Waals surface area contributed by atoms with Crippen LogP contribution in [-0.4, -0.2) is 78.3 Å². The Labute approximate surface area is 178 Å². The van der Waals surface area contributed by atoms with Crippen molar-refractivity contribution in [3.05, 3.63) is 35.7 Å². The first-order valence-corrected chi connectivity index (χ1v) is 10.6. The molecule has 3 heterocycles. The number of morpholine rings is 1. The normalized spacial score (nSPS) is 24.0. The number of imidazole rings is 1. The Balaban J connectivity index is 1.51. The number of hydrogen-bond donors (Lipinski definition) is 0. The van der Waals surface area contributed by atoms with Gasteiger partial charge in [0.15, 0.2) is 0 Å². The van der Waals surface area contributed by atoms with Gasteiger partial charge in [-0.15, -0.1) is 0 Å². The van der Waals surface area contributed by atoms with Crippen LogP contribution in [0.25, 0.3) is 11.4 Å². The summed E-state index contributed by atoms with van der Waals surface area (Å²) in [5.41, 5.74) is 3.42. The van der Waals surface area contributed by atoms with E-state index in [0.29, 0.717) is 25.1 Å².